The quantitative estimate of drug-likeness (QED) is 0.122. The maximum absolute atomic E-state index is 7.02. The van der Waals surface area contributed by atoms with Crippen molar-refractivity contribution in [3.05, 3.63) is 162 Å². The lowest BCUT2D eigenvalue weighted by atomic mass is 10.0. The third-order valence-corrected chi connectivity index (χ3v) is 12.5. The lowest BCUT2D eigenvalue weighted by molar-refractivity contribution is 0.671. The Morgan fingerprint density at radius 3 is 1.64 bits per heavy atom. The summed E-state index contributed by atoms with van der Waals surface area (Å²) in [5.74, 6) is 0.707. The Kier molecular flexibility index (Phi) is 8.50. The van der Waals surface area contributed by atoms with Crippen molar-refractivity contribution in [1.29, 1.82) is 0 Å². The van der Waals surface area contributed by atoms with E-state index in [0.29, 0.717) is 11.8 Å². The molecule has 232 valence electrons. The summed E-state index contributed by atoms with van der Waals surface area (Å²) in [4.78, 5) is 4.97. The normalized spacial score (nSPS) is 12.1. The molecule has 0 aliphatic heterocycles. The van der Waals surface area contributed by atoms with Crippen molar-refractivity contribution < 1.29 is 4.42 Å². The molecule has 6 aromatic carbocycles. The van der Waals surface area contributed by atoms with E-state index in [1.54, 1.807) is 0 Å². The molecule has 0 unspecified atom stereocenters. The average molecular weight is 631 g/mol. The smallest absolute Gasteiger partial charge is 0.145 e. The first-order valence-electron chi connectivity index (χ1n) is 16.4. The van der Waals surface area contributed by atoms with Crippen molar-refractivity contribution in [2.45, 2.75) is 39.5 Å². The van der Waals surface area contributed by atoms with Gasteiger partial charge in [0.15, 0.2) is 0 Å². The van der Waals surface area contributed by atoms with Crippen molar-refractivity contribution in [1.82, 2.24) is 0 Å². The molecule has 0 radical (unpaired) electrons. The Bertz CT molecular complexity index is 2220. The molecule has 0 saturated heterocycles. The van der Waals surface area contributed by atoms with Gasteiger partial charge >= 0.3 is 0 Å². The Labute approximate surface area is 277 Å². The predicted molar refractivity (Wildman–Crippen MR) is 203 cm³/mol. The summed E-state index contributed by atoms with van der Waals surface area (Å²) in [7, 11) is -2.64. The van der Waals surface area contributed by atoms with E-state index in [2.05, 4.69) is 167 Å². The highest BCUT2D eigenvalue weighted by atomic mass is 31.2. The molecule has 0 spiro atoms. The van der Waals surface area contributed by atoms with E-state index in [0.717, 1.165) is 44.2 Å². The summed E-state index contributed by atoms with van der Waals surface area (Å²) in [6.45, 7) is 8.88. The molecular weight excluding hydrogens is 591 g/mol. The summed E-state index contributed by atoms with van der Waals surface area (Å²) in [6, 6.07) is 51.4. The molecule has 4 heteroatoms. The molecule has 1 aromatic heterocycles. The summed E-state index contributed by atoms with van der Waals surface area (Å²) in [6.07, 6.45) is 1.95. The largest absolute Gasteiger partial charge is 0.455 e. The van der Waals surface area contributed by atoms with Gasteiger partial charge in [-0.3, -0.25) is 9.74 Å². The van der Waals surface area contributed by atoms with Crippen molar-refractivity contribution >= 4 is 62.5 Å². The van der Waals surface area contributed by atoms with Gasteiger partial charge in [0.05, 0.1) is 18.4 Å². The van der Waals surface area contributed by atoms with E-state index >= 15 is 0 Å². The van der Waals surface area contributed by atoms with Crippen LogP contribution in [0.25, 0.3) is 21.9 Å². The number of furan rings is 1. The second-order valence-corrected chi connectivity index (χ2v) is 15.6. The molecule has 0 N–H and O–H groups in total. The van der Waals surface area contributed by atoms with Crippen LogP contribution in [-0.2, 0) is 0 Å². The van der Waals surface area contributed by atoms with Crippen LogP contribution in [0.1, 0.15) is 56.2 Å². The molecule has 47 heavy (non-hydrogen) atoms. The van der Waals surface area contributed by atoms with Crippen molar-refractivity contribution in [3.63, 3.8) is 0 Å². The fourth-order valence-electron chi connectivity index (χ4n) is 6.53. The van der Waals surface area contributed by atoms with Gasteiger partial charge in [0.1, 0.15) is 11.2 Å². The van der Waals surface area contributed by atoms with Crippen LogP contribution in [0.4, 0.5) is 11.4 Å². The van der Waals surface area contributed by atoms with Crippen LogP contribution in [0.3, 0.4) is 0 Å². The lowest BCUT2D eigenvalue weighted by Gasteiger charge is -2.27. The Morgan fingerprint density at radius 1 is 0.511 bits per heavy atom. The van der Waals surface area contributed by atoms with Crippen LogP contribution in [0.2, 0.25) is 0 Å². The number of nitrogens with zero attached hydrogens (tertiary/aromatic N) is 2. The third kappa shape index (κ3) is 5.66. The molecule has 7 aromatic rings. The van der Waals surface area contributed by atoms with E-state index < -0.39 is 7.05 Å². The standard InChI is InChI=1S/C43H39N2OP/c1-30(2)35-22-11-13-26-39(35)44-29-32-17-15-24-37-38-25-16-28-41(43(38)46-42(32)37)47(33-18-7-5-8-19-33,34-20-9-6-10-21-34)45-40-27-14-12-23-36(40)31(3)4/h5-31H,1-4H3/b44-29+. The van der Waals surface area contributed by atoms with E-state index in [1.807, 2.05) is 12.3 Å². The molecule has 3 nitrogen and oxygen atoms in total. The van der Waals surface area contributed by atoms with Gasteiger partial charge in [-0.15, -0.1) is 0 Å². The number of para-hydroxylation sites is 3. The van der Waals surface area contributed by atoms with Gasteiger partial charge in [0.2, 0.25) is 0 Å². The van der Waals surface area contributed by atoms with Crippen LogP contribution in [0.5, 0.6) is 0 Å². The zero-order chi connectivity index (χ0) is 32.4. The molecule has 0 fully saturated rings. The fraction of sp³-hybridized carbons (Fsp3) is 0.140. The molecular formula is C43H39N2OP. The van der Waals surface area contributed by atoms with Crippen LogP contribution >= 0.6 is 7.05 Å². The minimum absolute atomic E-state index is 0.327. The zero-order valence-electron chi connectivity index (χ0n) is 27.3. The van der Waals surface area contributed by atoms with Crippen LogP contribution in [0, 0.1) is 0 Å². The Balaban J connectivity index is 1.55. The van der Waals surface area contributed by atoms with Crippen molar-refractivity contribution in [2.24, 2.45) is 9.74 Å². The monoisotopic (exact) mass is 630 g/mol. The molecule has 1 heterocycles. The first kappa shape index (κ1) is 30.7. The van der Waals surface area contributed by atoms with Gasteiger partial charge in [-0.25, -0.2) is 0 Å². The highest BCUT2D eigenvalue weighted by molar-refractivity contribution is 7.87. The highest BCUT2D eigenvalue weighted by Gasteiger charge is 2.32. The van der Waals surface area contributed by atoms with E-state index in [-0.39, 0.29) is 0 Å². The second kappa shape index (κ2) is 13.0. The number of benzene rings is 6. The van der Waals surface area contributed by atoms with Crippen molar-refractivity contribution in [2.75, 3.05) is 0 Å². The maximum Gasteiger partial charge on any atom is 0.145 e. The van der Waals surface area contributed by atoms with Gasteiger partial charge in [-0.05, 0) is 47.2 Å². The number of fused-ring (bicyclic) bond motifs is 3. The topological polar surface area (TPSA) is 37.9 Å². The maximum atomic E-state index is 7.02. The molecule has 0 bridgehead atoms. The van der Waals surface area contributed by atoms with Crippen LogP contribution < -0.4 is 15.9 Å². The predicted octanol–water partition coefficient (Wildman–Crippen LogP) is 11.4. The van der Waals surface area contributed by atoms with Gasteiger partial charge in [0.25, 0.3) is 0 Å². The minimum Gasteiger partial charge on any atom is -0.455 e. The lowest BCUT2D eigenvalue weighted by Crippen LogP contribution is -2.25. The summed E-state index contributed by atoms with van der Waals surface area (Å²) >= 11 is 0. The van der Waals surface area contributed by atoms with Crippen LogP contribution in [-0.4, -0.2) is 6.21 Å². The number of rotatable bonds is 8. The number of hydrogen-bond acceptors (Lipinski definition) is 3. The first-order chi connectivity index (χ1) is 23.0. The SMILES string of the molecule is CC(C)c1ccccc1N=P(c1ccccc1)(c1ccccc1)c1cccc2c1oc1c(/C=N/c3ccccc3C(C)C)cccc12. The zero-order valence-corrected chi connectivity index (χ0v) is 28.2. The molecule has 0 aliphatic rings. The second-order valence-electron chi connectivity index (χ2n) is 12.6. The van der Waals surface area contributed by atoms with Gasteiger partial charge < -0.3 is 4.42 Å². The molecule has 7 rings (SSSR count). The molecule has 0 aliphatic carbocycles. The summed E-state index contributed by atoms with van der Waals surface area (Å²) in [5.41, 5.74) is 7.13. The van der Waals surface area contributed by atoms with Crippen molar-refractivity contribution in [3.8, 4) is 0 Å². The third-order valence-electron chi connectivity index (χ3n) is 8.86. The van der Waals surface area contributed by atoms with E-state index in [1.165, 1.54) is 21.7 Å². The van der Waals surface area contributed by atoms with Gasteiger partial charge in [-0.1, -0.05) is 149 Å². The van der Waals surface area contributed by atoms with E-state index in [9.17, 15) is 0 Å². The Hall–Kier alpha value is -4.98. The van der Waals surface area contributed by atoms with Crippen LogP contribution in [0.15, 0.2) is 160 Å². The number of aliphatic imine (C=N–C) groups is 1. The fourth-order valence-corrected chi connectivity index (χ4v) is 10.2. The molecule has 0 saturated carbocycles. The average Bonchev–Trinajstić information content (AvgIpc) is 3.50. The van der Waals surface area contributed by atoms with Gasteiger partial charge in [0, 0.05) is 38.5 Å². The minimum atomic E-state index is -2.64. The van der Waals surface area contributed by atoms with Gasteiger partial charge in [-0.2, -0.15) is 0 Å². The summed E-state index contributed by atoms with van der Waals surface area (Å²) < 4.78 is 12.9. The molecule has 0 atom stereocenters. The number of hydrogen-bond donors (Lipinski definition) is 0. The molecule has 0 amide bonds. The van der Waals surface area contributed by atoms with E-state index in [4.69, 9.17) is 14.2 Å². The highest BCUT2D eigenvalue weighted by Crippen LogP contribution is 2.52. The Morgan fingerprint density at radius 2 is 1.02 bits per heavy atom. The first-order valence-corrected chi connectivity index (χ1v) is 18.1. The summed E-state index contributed by atoms with van der Waals surface area (Å²) in [5, 5.41) is 5.63.